The Labute approximate surface area is 135 Å². The molecule has 22 heavy (non-hydrogen) atoms. The minimum Gasteiger partial charge on any atom is -0.497 e. The molecule has 0 radical (unpaired) electrons. The summed E-state index contributed by atoms with van der Waals surface area (Å²) >= 11 is 1.60. The van der Waals surface area contributed by atoms with Crippen LogP contribution in [0.4, 0.5) is 0 Å². The van der Waals surface area contributed by atoms with Crippen LogP contribution in [-0.4, -0.2) is 24.0 Å². The Morgan fingerprint density at radius 2 is 2.09 bits per heavy atom. The van der Waals surface area contributed by atoms with Gasteiger partial charge >= 0.3 is 0 Å². The summed E-state index contributed by atoms with van der Waals surface area (Å²) < 4.78 is 5.15. The summed E-state index contributed by atoms with van der Waals surface area (Å²) in [6, 6.07) is 8.07. The van der Waals surface area contributed by atoms with E-state index in [-0.39, 0.29) is 11.9 Å². The number of hydrogen-bond acceptors (Lipinski definition) is 4. The lowest BCUT2D eigenvalue weighted by molar-refractivity contribution is -0.121. The molecule has 0 aliphatic heterocycles. The minimum atomic E-state index is 0.0931. The van der Waals surface area contributed by atoms with Crippen LogP contribution in [-0.2, 0) is 11.2 Å². The van der Waals surface area contributed by atoms with E-state index in [9.17, 15) is 4.79 Å². The van der Waals surface area contributed by atoms with Crippen molar-refractivity contribution in [1.82, 2.24) is 10.3 Å². The Bertz CT molecular complexity index is 607. The minimum absolute atomic E-state index is 0.0931. The molecule has 4 nitrogen and oxygen atoms in total. The molecule has 0 saturated heterocycles. The van der Waals surface area contributed by atoms with Gasteiger partial charge < -0.3 is 10.1 Å². The first-order chi connectivity index (χ1) is 10.6. The standard InChI is InChI=1S/C17H22N2O2S/c1-4-12(2)18-16(20)9-10-17-19-15(11-22-17)13-5-7-14(21-3)8-6-13/h5-8,11-12H,4,9-10H2,1-3H3,(H,18,20). The van der Waals surface area contributed by atoms with E-state index in [0.717, 1.165) is 28.4 Å². The average Bonchev–Trinajstić information content (AvgIpc) is 3.02. The predicted octanol–water partition coefficient (Wildman–Crippen LogP) is 3.67. The Morgan fingerprint density at radius 3 is 2.73 bits per heavy atom. The topological polar surface area (TPSA) is 51.2 Å². The molecule has 1 aromatic heterocycles. The van der Waals surface area contributed by atoms with Gasteiger partial charge in [-0.2, -0.15) is 0 Å². The Balaban J connectivity index is 1.92. The second-order valence-electron chi connectivity index (χ2n) is 5.23. The van der Waals surface area contributed by atoms with E-state index in [2.05, 4.69) is 17.2 Å². The van der Waals surface area contributed by atoms with Gasteiger partial charge in [-0.1, -0.05) is 6.92 Å². The highest BCUT2D eigenvalue weighted by Gasteiger charge is 2.09. The molecule has 0 fully saturated rings. The quantitative estimate of drug-likeness (QED) is 0.847. The van der Waals surface area contributed by atoms with Crippen molar-refractivity contribution in [2.45, 2.75) is 39.2 Å². The van der Waals surface area contributed by atoms with Crippen LogP contribution < -0.4 is 10.1 Å². The predicted molar refractivity (Wildman–Crippen MR) is 90.3 cm³/mol. The van der Waals surface area contributed by atoms with Gasteiger partial charge in [0, 0.05) is 29.8 Å². The first-order valence-electron chi connectivity index (χ1n) is 7.50. The first kappa shape index (κ1) is 16.5. The zero-order valence-corrected chi connectivity index (χ0v) is 14.1. The van der Waals surface area contributed by atoms with Gasteiger partial charge in [0.15, 0.2) is 0 Å². The zero-order valence-electron chi connectivity index (χ0n) is 13.3. The molecule has 0 saturated carbocycles. The fraction of sp³-hybridized carbons (Fsp3) is 0.412. The molecular formula is C17H22N2O2S. The zero-order chi connectivity index (χ0) is 15.9. The molecule has 1 atom stereocenters. The molecule has 5 heteroatoms. The van der Waals surface area contributed by atoms with Crippen molar-refractivity contribution in [3.05, 3.63) is 34.7 Å². The van der Waals surface area contributed by atoms with Crippen LogP contribution in [0.1, 0.15) is 31.7 Å². The third kappa shape index (κ3) is 4.56. The fourth-order valence-corrected chi connectivity index (χ4v) is 2.80. The molecule has 1 aromatic carbocycles. The first-order valence-corrected chi connectivity index (χ1v) is 8.38. The molecule has 1 N–H and O–H groups in total. The summed E-state index contributed by atoms with van der Waals surface area (Å²) in [4.78, 5) is 16.4. The third-order valence-corrected chi connectivity index (χ3v) is 4.43. The fourth-order valence-electron chi connectivity index (χ4n) is 1.99. The summed E-state index contributed by atoms with van der Waals surface area (Å²) in [5.74, 6) is 0.927. The number of aryl methyl sites for hydroxylation is 1. The molecule has 118 valence electrons. The van der Waals surface area contributed by atoms with E-state index in [1.54, 1.807) is 18.4 Å². The highest BCUT2D eigenvalue weighted by Crippen LogP contribution is 2.24. The van der Waals surface area contributed by atoms with Crippen molar-refractivity contribution in [2.75, 3.05) is 7.11 Å². The number of nitrogens with zero attached hydrogens (tertiary/aromatic N) is 1. The number of benzene rings is 1. The Hall–Kier alpha value is -1.88. The number of rotatable bonds is 7. The van der Waals surface area contributed by atoms with Crippen LogP contribution in [0.25, 0.3) is 11.3 Å². The number of carbonyl (C=O) groups excluding carboxylic acids is 1. The van der Waals surface area contributed by atoms with Gasteiger partial charge in [-0.05, 0) is 37.6 Å². The number of carbonyl (C=O) groups is 1. The summed E-state index contributed by atoms with van der Waals surface area (Å²) in [6.07, 6.45) is 2.12. The van der Waals surface area contributed by atoms with Gasteiger partial charge in [-0.3, -0.25) is 4.79 Å². The maximum Gasteiger partial charge on any atom is 0.220 e. The molecule has 1 heterocycles. The normalized spacial score (nSPS) is 12.0. The number of thiazole rings is 1. The maximum absolute atomic E-state index is 11.8. The summed E-state index contributed by atoms with van der Waals surface area (Å²) in [5.41, 5.74) is 2.01. The van der Waals surface area contributed by atoms with Crippen LogP contribution >= 0.6 is 11.3 Å². The van der Waals surface area contributed by atoms with Gasteiger partial charge in [-0.15, -0.1) is 11.3 Å². The van der Waals surface area contributed by atoms with E-state index >= 15 is 0 Å². The van der Waals surface area contributed by atoms with E-state index in [1.165, 1.54) is 0 Å². The number of hydrogen-bond donors (Lipinski definition) is 1. The van der Waals surface area contributed by atoms with Crippen molar-refractivity contribution < 1.29 is 9.53 Å². The summed E-state index contributed by atoms with van der Waals surface area (Å²) in [6.45, 7) is 4.08. The second-order valence-corrected chi connectivity index (χ2v) is 6.17. The number of aromatic nitrogens is 1. The van der Waals surface area contributed by atoms with Crippen LogP contribution in [0, 0.1) is 0 Å². The second kappa shape index (κ2) is 7.94. The van der Waals surface area contributed by atoms with Crippen molar-refractivity contribution in [3.63, 3.8) is 0 Å². The van der Waals surface area contributed by atoms with Crippen LogP contribution in [0.2, 0.25) is 0 Å². The molecule has 0 aliphatic carbocycles. The maximum atomic E-state index is 11.8. The monoisotopic (exact) mass is 318 g/mol. The lowest BCUT2D eigenvalue weighted by atomic mass is 10.2. The average molecular weight is 318 g/mol. The van der Waals surface area contributed by atoms with Crippen molar-refractivity contribution in [3.8, 4) is 17.0 Å². The Morgan fingerprint density at radius 1 is 1.36 bits per heavy atom. The van der Waals surface area contributed by atoms with E-state index in [4.69, 9.17) is 4.74 Å². The summed E-state index contributed by atoms with van der Waals surface area (Å²) in [5, 5.41) is 6.00. The highest BCUT2D eigenvalue weighted by atomic mass is 32.1. The lowest BCUT2D eigenvalue weighted by Crippen LogP contribution is -2.31. The van der Waals surface area contributed by atoms with E-state index < -0.39 is 0 Å². The smallest absolute Gasteiger partial charge is 0.220 e. The molecule has 2 rings (SSSR count). The molecule has 0 bridgehead atoms. The van der Waals surface area contributed by atoms with E-state index in [0.29, 0.717) is 12.8 Å². The van der Waals surface area contributed by atoms with Crippen LogP contribution in [0.5, 0.6) is 5.75 Å². The van der Waals surface area contributed by atoms with Gasteiger partial charge in [0.2, 0.25) is 5.91 Å². The molecule has 0 spiro atoms. The van der Waals surface area contributed by atoms with Gasteiger partial charge in [0.1, 0.15) is 5.75 Å². The number of methoxy groups -OCH3 is 1. The van der Waals surface area contributed by atoms with Gasteiger partial charge in [0.05, 0.1) is 17.8 Å². The van der Waals surface area contributed by atoms with Crippen LogP contribution in [0.3, 0.4) is 0 Å². The Kier molecular flexibility index (Phi) is 5.95. The SMILES string of the molecule is CCC(C)NC(=O)CCc1nc(-c2ccc(OC)cc2)cs1. The number of amides is 1. The molecular weight excluding hydrogens is 296 g/mol. The summed E-state index contributed by atoms with van der Waals surface area (Å²) in [7, 11) is 1.65. The highest BCUT2D eigenvalue weighted by molar-refractivity contribution is 7.09. The van der Waals surface area contributed by atoms with Crippen molar-refractivity contribution in [2.24, 2.45) is 0 Å². The largest absolute Gasteiger partial charge is 0.497 e. The molecule has 1 unspecified atom stereocenters. The number of nitrogens with one attached hydrogen (secondary N) is 1. The molecule has 2 aromatic rings. The van der Waals surface area contributed by atoms with E-state index in [1.807, 2.05) is 36.6 Å². The van der Waals surface area contributed by atoms with Gasteiger partial charge in [-0.25, -0.2) is 4.98 Å². The number of ether oxygens (including phenoxy) is 1. The van der Waals surface area contributed by atoms with Crippen LogP contribution in [0.15, 0.2) is 29.6 Å². The third-order valence-electron chi connectivity index (χ3n) is 3.52. The molecule has 0 aliphatic rings. The lowest BCUT2D eigenvalue weighted by Gasteiger charge is -2.10. The van der Waals surface area contributed by atoms with Crippen molar-refractivity contribution in [1.29, 1.82) is 0 Å². The molecule has 1 amide bonds. The van der Waals surface area contributed by atoms with Gasteiger partial charge in [0.25, 0.3) is 0 Å². The van der Waals surface area contributed by atoms with Crippen molar-refractivity contribution >= 4 is 17.2 Å².